The third kappa shape index (κ3) is 2.27. The molecule has 0 bridgehead atoms. The van der Waals surface area contributed by atoms with Crippen LogP contribution in [0.3, 0.4) is 0 Å². The molecule has 65 valence electrons. The van der Waals surface area contributed by atoms with Gasteiger partial charge in [-0.15, -0.1) is 0 Å². The SMILES string of the molecule is [CH2]COCc1ccc(F)cc1F. The molecule has 0 saturated carbocycles. The van der Waals surface area contributed by atoms with Crippen molar-refractivity contribution in [1.29, 1.82) is 0 Å². The number of hydrogen-bond donors (Lipinski definition) is 0. The lowest BCUT2D eigenvalue weighted by Gasteiger charge is -2.02. The van der Waals surface area contributed by atoms with E-state index in [1.807, 2.05) is 0 Å². The van der Waals surface area contributed by atoms with Crippen molar-refractivity contribution < 1.29 is 13.5 Å². The van der Waals surface area contributed by atoms with Crippen molar-refractivity contribution in [3.05, 3.63) is 42.3 Å². The van der Waals surface area contributed by atoms with Crippen LogP contribution in [-0.4, -0.2) is 6.61 Å². The van der Waals surface area contributed by atoms with E-state index in [1.165, 1.54) is 12.1 Å². The Hall–Kier alpha value is -0.960. The number of ether oxygens (including phenoxy) is 1. The maximum Gasteiger partial charge on any atom is 0.131 e. The van der Waals surface area contributed by atoms with Crippen LogP contribution in [0.25, 0.3) is 0 Å². The van der Waals surface area contributed by atoms with Crippen LogP contribution in [0.5, 0.6) is 0 Å². The molecule has 0 amide bonds. The molecule has 0 unspecified atom stereocenters. The van der Waals surface area contributed by atoms with Gasteiger partial charge in [-0.2, -0.15) is 0 Å². The summed E-state index contributed by atoms with van der Waals surface area (Å²) in [5.74, 6) is -1.16. The Kier molecular flexibility index (Phi) is 3.17. The second kappa shape index (κ2) is 4.16. The highest BCUT2D eigenvalue weighted by molar-refractivity contribution is 5.17. The molecule has 1 radical (unpaired) electrons. The lowest BCUT2D eigenvalue weighted by Crippen LogP contribution is -1.95. The molecule has 0 saturated heterocycles. The number of hydrogen-bond acceptors (Lipinski definition) is 1. The molecule has 0 fully saturated rings. The fourth-order valence-corrected chi connectivity index (χ4v) is 0.821. The normalized spacial score (nSPS) is 10.2. The van der Waals surface area contributed by atoms with Crippen molar-refractivity contribution in [2.24, 2.45) is 0 Å². The van der Waals surface area contributed by atoms with Crippen LogP contribution in [-0.2, 0) is 11.3 Å². The molecular weight excluding hydrogens is 162 g/mol. The second-order valence-electron chi connectivity index (χ2n) is 2.29. The molecule has 1 aromatic carbocycles. The first-order valence-electron chi connectivity index (χ1n) is 3.55. The molecule has 0 aliphatic carbocycles. The molecule has 0 heterocycles. The summed E-state index contributed by atoms with van der Waals surface area (Å²) in [5, 5.41) is 0. The minimum absolute atomic E-state index is 0.135. The summed E-state index contributed by atoms with van der Waals surface area (Å²) in [7, 11) is 0. The third-order valence-electron chi connectivity index (χ3n) is 1.42. The van der Waals surface area contributed by atoms with Gasteiger partial charge in [0.2, 0.25) is 0 Å². The topological polar surface area (TPSA) is 9.23 Å². The molecule has 3 heteroatoms. The third-order valence-corrected chi connectivity index (χ3v) is 1.42. The molecule has 1 aromatic rings. The molecule has 0 N–H and O–H groups in total. The van der Waals surface area contributed by atoms with Gasteiger partial charge in [-0.1, -0.05) is 6.07 Å². The Bertz CT molecular complexity index is 261. The van der Waals surface area contributed by atoms with Crippen molar-refractivity contribution in [1.82, 2.24) is 0 Å². The van der Waals surface area contributed by atoms with Gasteiger partial charge < -0.3 is 4.74 Å². The van der Waals surface area contributed by atoms with Crippen LogP contribution in [0.4, 0.5) is 8.78 Å². The summed E-state index contributed by atoms with van der Waals surface area (Å²) >= 11 is 0. The smallest absolute Gasteiger partial charge is 0.131 e. The number of benzene rings is 1. The lowest BCUT2D eigenvalue weighted by molar-refractivity contribution is 0.144. The quantitative estimate of drug-likeness (QED) is 0.678. The summed E-state index contributed by atoms with van der Waals surface area (Å²) in [6, 6.07) is 3.40. The van der Waals surface area contributed by atoms with Gasteiger partial charge in [0.05, 0.1) is 6.61 Å². The molecule has 0 spiro atoms. The van der Waals surface area contributed by atoms with Crippen molar-refractivity contribution in [3.63, 3.8) is 0 Å². The monoisotopic (exact) mass is 171 g/mol. The van der Waals surface area contributed by atoms with Gasteiger partial charge in [0.15, 0.2) is 0 Å². The van der Waals surface area contributed by atoms with Gasteiger partial charge in [0, 0.05) is 18.2 Å². The molecule has 12 heavy (non-hydrogen) atoms. The molecule has 0 atom stereocenters. The van der Waals surface area contributed by atoms with Crippen LogP contribution >= 0.6 is 0 Å². The van der Waals surface area contributed by atoms with Crippen LogP contribution in [0.15, 0.2) is 18.2 Å². The summed E-state index contributed by atoms with van der Waals surface area (Å²) in [5.41, 5.74) is 0.347. The van der Waals surface area contributed by atoms with Crippen LogP contribution in [0, 0.1) is 18.6 Å². The van der Waals surface area contributed by atoms with E-state index in [-0.39, 0.29) is 13.2 Å². The van der Waals surface area contributed by atoms with E-state index in [4.69, 9.17) is 4.74 Å². The van der Waals surface area contributed by atoms with Crippen molar-refractivity contribution in [2.45, 2.75) is 6.61 Å². The summed E-state index contributed by atoms with van der Waals surface area (Å²) in [6.07, 6.45) is 0. The zero-order chi connectivity index (χ0) is 8.97. The molecule has 1 rings (SSSR count). The standard InChI is InChI=1S/C9H9F2O/c1-2-12-6-7-3-4-8(10)5-9(7)11/h3-5H,1-2,6H2. The largest absolute Gasteiger partial charge is 0.377 e. The fraction of sp³-hybridized carbons (Fsp3) is 0.222. The van der Waals surface area contributed by atoms with Crippen LogP contribution in [0.1, 0.15) is 5.56 Å². The summed E-state index contributed by atoms with van der Waals surface area (Å²) < 4.78 is 30.1. The lowest BCUT2D eigenvalue weighted by atomic mass is 10.2. The summed E-state index contributed by atoms with van der Waals surface area (Å²) in [4.78, 5) is 0. The predicted molar refractivity (Wildman–Crippen MR) is 41.4 cm³/mol. The van der Waals surface area contributed by atoms with Gasteiger partial charge in [0.1, 0.15) is 11.6 Å². The molecule has 0 aliphatic rings. The first-order valence-corrected chi connectivity index (χ1v) is 3.55. The highest BCUT2D eigenvalue weighted by atomic mass is 19.1. The van der Waals surface area contributed by atoms with Crippen molar-refractivity contribution in [3.8, 4) is 0 Å². The molecule has 0 aliphatic heterocycles. The summed E-state index contributed by atoms with van der Waals surface area (Å²) in [6.45, 7) is 3.84. The Labute approximate surface area is 70.0 Å². The highest BCUT2D eigenvalue weighted by Gasteiger charge is 2.02. The first-order chi connectivity index (χ1) is 5.74. The average Bonchev–Trinajstić information content (AvgIpc) is 2.03. The maximum absolute atomic E-state index is 12.8. The number of rotatable bonds is 3. The minimum Gasteiger partial charge on any atom is -0.377 e. The van der Waals surface area contributed by atoms with E-state index in [0.717, 1.165) is 6.07 Å². The van der Waals surface area contributed by atoms with Gasteiger partial charge in [-0.05, 0) is 13.0 Å². The Morgan fingerprint density at radius 3 is 2.67 bits per heavy atom. The first kappa shape index (κ1) is 9.13. The Morgan fingerprint density at radius 1 is 1.33 bits per heavy atom. The number of halogens is 2. The molecular formula is C9H9F2O. The Morgan fingerprint density at radius 2 is 2.08 bits per heavy atom. The Balaban J connectivity index is 2.72. The van der Waals surface area contributed by atoms with Gasteiger partial charge in [-0.25, -0.2) is 8.78 Å². The van der Waals surface area contributed by atoms with Crippen molar-refractivity contribution >= 4 is 0 Å². The maximum atomic E-state index is 12.8. The molecule has 1 nitrogen and oxygen atoms in total. The van der Waals surface area contributed by atoms with Gasteiger partial charge >= 0.3 is 0 Å². The van der Waals surface area contributed by atoms with E-state index >= 15 is 0 Å². The molecule has 0 aromatic heterocycles. The van der Waals surface area contributed by atoms with E-state index < -0.39 is 11.6 Å². The van der Waals surface area contributed by atoms with E-state index in [1.54, 1.807) is 0 Å². The fourth-order valence-electron chi connectivity index (χ4n) is 0.821. The van der Waals surface area contributed by atoms with Crippen molar-refractivity contribution in [2.75, 3.05) is 6.61 Å². The average molecular weight is 171 g/mol. The van der Waals surface area contributed by atoms with E-state index in [9.17, 15) is 8.78 Å². The van der Waals surface area contributed by atoms with Crippen LogP contribution < -0.4 is 0 Å². The highest BCUT2D eigenvalue weighted by Crippen LogP contribution is 2.10. The van der Waals surface area contributed by atoms with E-state index in [2.05, 4.69) is 6.92 Å². The van der Waals surface area contributed by atoms with Gasteiger partial charge in [-0.3, -0.25) is 0 Å². The van der Waals surface area contributed by atoms with Gasteiger partial charge in [0.25, 0.3) is 0 Å². The zero-order valence-corrected chi connectivity index (χ0v) is 6.52. The second-order valence-corrected chi connectivity index (χ2v) is 2.29. The van der Waals surface area contributed by atoms with E-state index in [0.29, 0.717) is 5.56 Å². The predicted octanol–water partition coefficient (Wildman–Crippen LogP) is 2.32. The zero-order valence-electron chi connectivity index (χ0n) is 6.52. The minimum atomic E-state index is -0.580. The van der Waals surface area contributed by atoms with Crippen LogP contribution in [0.2, 0.25) is 0 Å².